The van der Waals surface area contributed by atoms with Crippen LogP contribution in [0.2, 0.25) is 0 Å². The minimum Gasteiger partial charge on any atom is -0.372 e. The summed E-state index contributed by atoms with van der Waals surface area (Å²) in [5.41, 5.74) is 3.87. The fraction of sp³-hybridized carbons (Fsp3) is 0.148. The summed E-state index contributed by atoms with van der Waals surface area (Å²) in [6.45, 7) is 5.31. The topological polar surface area (TPSA) is 76.1 Å². The van der Waals surface area contributed by atoms with Crippen molar-refractivity contribution in [3.8, 4) is 0 Å². The molecule has 34 heavy (non-hydrogen) atoms. The summed E-state index contributed by atoms with van der Waals surface area (Å²) in [6, 6.07) is 22.8. The van der Waals surface area contributed by atoms with Crippen LogP contribution in [-0.4, -0.2) is 15.5 Å². The van der Waals surface area contributed by atoms with Crippen molar-refractivity contribution in [2.45, 2.75) is 26.3 Å². The fourth-order valence-electron chi connectivity index (χ4n) is 3.69. The number of H-pyrrole nitrogens is 1. The summed E-state index contributed by atoms with van der Waals surface area (Å²) < 4.78 is 7.59. The van der Waals surface area contributed by atoms with Crippen molar-refractivity contribution in [2.24, 2.45) is 0 Å². The average Bonchev–Trinajstić information content (AvgIpc) is 2.86. The molecular weight excluding hydrogens is 446 g/mol. The summed E-state index contributed by atoms with van der Waals surface area (Å²) >= 11 is 5.28. The first-order valence-electron chi connectivity index (χ1n) is 10.9. The Balaban J connectivity index is 1.44. The average molecular weight is 472 g/mol. The van der Waals surface area contributed by atoms with Crippen LogP contribution in [0, 0.1) is 4.77 Å². The number of rotatable bonds is 9. The normalized spacial score (nSPS) is 10.8. The predicted molar refractivity (Wildman–Crippen MR) is 136 cm³/mol. The summed E-state index contributed by atoms with van der Waals surface area (Å²) in [7, 11) is 0. The van der Waals surface area contributed by atoms with Gasteiger partial charge in [0.15, 0.2) is 4.77 Å². The molecule has 0 fully saturated rings. The molecule has 0 atom stereocenters. The van der Waals surface area contributed by atoms with Gasteiger partial charge in [0.2, 0.25) is 0 Å². The zero-order valence-corrected chi connectivity index (χ0v) is 19.4. The monoisotopic (exact) mass is 471 g/mol. The van der Waals surface area contributed by atoms with Gasteiger partial charge in [-0.1, -0.05) is 60.7 Å². The molecule has 0 unspecified atom stereocenters. The SMILES string of the molecule is C=CCn1c(=S)[nH]c2cc(C(=O)NCc3ccccc3COCc3ccccc3)ccc2c1=O. The smallest absolute Gasteiger partial charge is 0.262 e. The Hall–Kier alpha value is -3.81. The molecule has 0 saturated heterocycles. The lowest BCUT2D eigenvalue weighted by molar-refractivity contribution is 0.0947. The van der Waals surface area contributed by atoms with Crippen LogP contribution in [-0.2, 0) is 31.0 Å². The van der Waals surface area contributed by atoms with Gasteiger partial charge in [0, 0.05) is 18.7 Å². The lowest BCUT2D eigenvalue weighted by atomic mass is 10.1. The van der Waals surface area contributed by atoms with E-state index < -0.39 is 0 Å². The van der Waals surface area contributed by atoms with Crippen LogP contribution >= 0.6 is 12.2 Å². The third-order valence-electron chi connectivity index (χ3n) is 5.48. The van der Waals surface area contributed by atoms with E-state index in [0.717, 1.165) is 16.7 Å². The zero-order chi connectivity index (χ0) is 23.9. The Bertz CT molecular complexity index is 1440. The summed E-state index contributed by atoms with van der Waals surface area (Å²) in [6.07, 6.45) is 1.61. The Labute approximate surface area is 202 Å². The summed E-state index contributed by atoms with van der Waals surface area (Å²) in [5.74, 6) is -0.239. The predicted octanol–water partition coefficient (Wildman–Crippen LogP) is 4.89. The van der Waals surface area contributed by atoms with Gasteiger partial charge in [-0.25, -0.2) is 0 Å². The van der Waals surface area contributed by atoms with E-state index in [1.807, 2.05) is 54.6 Å². The van der Waals surface area contributed by atoms with E-state index in [1.54, 1.807) is 24.3 Å². The van der Waals surface area contributed by atoms with Gasteiger partial charge in [-0.05, 0) is 47.1 Å². The minimum atomic E-state index is -0.239. The number of allylic oxidation sites excluding steroid dienone is 1. The van der Waals surface area contributed by atoms with Gasteiger partial charge in [-0.2, -0.15) is 0 Å². The third kappa shape index (κ3) is 5.39. The number of nitrogens with one attached hydrogen (secondary N) is 2. The molecule has 0 aliphatic heterocycles. The minimum absolute atomic E-state index is 0.213. The van der Waals surface area contributed by atoms with Gasteiger partial charge in [-0.15, -0.1) is 6.58 Å². The van der Waals surface area contributed by atoms with E-state index in [4.69, 9.17) is 17.0 Å². The molecule has 0 spiro atoms. The van der Waals surface area contributed by atoms with Crippen molar-refractivity contribution >= 4 is 29.0 Å². The van der Waals surface area contributed by atoms with Gasteiger partial charge < -0.3 is 15.0 Å². The maximum atomic E-state index is 12.8. The third-order valence-corrected chi connectivity index (χ3v) is 5.81. The Morgan fingerprint density at radius 1 is 1.03 bits per heavy atom. The molecule has 0 saturated carbocycles. The van der Waals surface area contributed by atoms with Crippen LogP contribution in [0.25, 0.3) is 10.9 Å². The molecule has 1 heterocycles. The number of hydrogen-bond acceptors (Lipinski definition) is 4. The molecule has 1 aromatic heterocycles. The van der Waals surface area contributed by atoms with E-state index in [9.17, 15) is 9.59 Å². The molecule has 1 amide bonds. The number of amides is 1. The Morgan fingerprint density at radius 2 is 1.76 bits per heavy atom. The number of aromatic amines is 1. The van der Waals surface area contributed by atoms with Gasteiger partial charge in [-0.3, -0.25) is 14.2 Å². The molecule has 6 nitrogen and oxygen atoms in total. The number of carbonyl (C=O) groups is 1. The number of nitrogens with zero attached hydrogens (tertiary/aromatic N) is 1. The number of carbonyl (C=O) groups excluding carboxylic acids is 1. The first kappa shape index (κ1) is 23.4. The van der Waals surface area contributed by atoms with Crippen LogP contribution in [0.1, 0.15) is 27.0 Å². The first-order chi connectivity index (χ1) is 16.6. The Kier molecular flexibility index (Phi) is 7.47. The molecule has 4 aromatic rings. The number of hydrogen-bond donors (Lipinski definition) is 2. The van der Waals surface area contributed by atoms with E-state index in [-0.39, 0.29) is 11.5 Å². The maximum Gasteiger partial charge on any atom is 0.262 e. The number of fused-ring (bicyclic) bond motifs is 1. The van der Waals surface area contributed by atoms with E-state index in [2.05, 4.69) is 16.9 Å². The Morgan fingerprint density at radius 3 is 2.53 bits per heavy atom. The summed E-state index contributed by atoms with van der Waals surface area (Å²) in [5, 5.41) is 3.42. The molecule has 4 rings (SSSR count). The van der Waals surface area contributed by atoms with Crippen molar-refractivity contribution < 1.29 is 9.53 Å². The van der Waals surface area contributed by atoms with E-state index in [0.29, 0.717) is 47.5 Å². The lowest BCUT2D eigenvalue weighted by Crippen LogP contribution is -2.24. The highest BCUT2D eigenvalue weighted by molar-refractivity contribution is 7.71. The highest BCUT2D eigenvalue weighted by Gasteiger charge is 2.11. The number of benzene rings is 3. The van der Waals surface area contributed by atoms with Gasteiger partial charge in [0.05, 0.1) is 24.1 Å². The second kappa shape index (κ2) is 10.9. The maximum absolute atomic E-state index is 12.8. The molecule has 2 N–H and O–H groups in total. The quantitative estimate of drug-likeness (QED) is 0.269. The van der Waals surface area contributed by atoms with Gasteiger partial charge in [0.25, 0.3) is 11.5 Å². The molecule has 0 radical (unpaired) electrons. The molecule has 0 aliphatic carbocycles. The molecule has 0 bridgehead atoms. The molecule has 0 aliphatic rings. The second-order valence-corrected chi connectivity index (χ2v) is 8.21. The molecule has 172 valence electrons. The number of aromatic nitrogens is 2. The van der Waals surface area contributed by atoms with Crippen LogP contribution in [0.15, 0.2) is 90.2 Å². The highest BCUT2D eigenvalue weighted by Crippen LogP contribution is 2.14. The van der Waals surface area contributed by atoms with Crippen LogP contribution in [0.5, 0.6) is 0 Å². The van der Waals surface area contributed by atoms with Crippen LogP contribution in [0.3, 0.4) is 0 Å². The second-order valence-electron chi connectivity index (χ2n) is 7.82. The van der Waals surface area contributed by atoms with Crippen molar-refractivity contribution in [2.75, 3.05) is 0 Å². The van der Waals surface area contributed by atoms with Crippen molar-refractivity contribution in [1.29, 1.82) is 0 Å². The zero-order valence-electron chi connectivity index (χ0n) is 18.6. The molecular formula is C27H25N3O3S. The van der Waals surface area contributed by atoms with Gasteiger partial charge in [0.1, 0.15) is 0 Å². The highest BCUT2D eigenvalue weighted by atomic mass is 32.1. The largest absolute Gasteiger partial charge is 0.372 e. The van der Waals surface area contributed by atoms with Crippen LogP contribution < -0.4 is 10.9 Å². The van der Waals surface area contributed by atoms with E-state index in [1.165, 1.54) is 4.57 Å². The van der Waals surface area contributed by atoms with Gasteiger partial charge >= 0.3 is 0 Å². The lowest BCUT2D eigenvalue weighted by Gasteiger charge is -2.12. The van der Waals surface area contributed by atoms with Crippen LogP contribution in [0.4, 0.5) is 0 Å². The van der Waals surface area contributed by atoms with Crippen molar-refractivity contribution in [3.05, 3.63) is 123 Å². The number of ether oxygens (including phenoxy) is 1. The summed E-state index contributed by atoms with van der Waals surface area (Å²) in [4.78, 5) is 28.5. The van der Waals surface area contributed by atoms with Crippen molar-refractivity contribution in [1.82, 2.24) is 14.9 Å². The molecule has 3 aromatic carbocycles. The molecule has 7 heteroatoms. The van der Waals surface area contributed by atoms with E-state index >= 15 is 0 Å². The fourth-order valence-corrected chi connectivity index (χ4v) is 3.96. The standard InChI is InChI=1S/C27H25N3O3S/c1-2-14-30-26(32)23-13-12-20(15-24(23)29-27(30)34)25(31)28-16-21-10-6-7-11-22(21)18-33-17-19-8-4-3-5-9-19/h2-13,15H,1,14,16-18H2,(H,28,31)(H,29,34). The van der Waals surface area contributed by atoms with Crippen molar-refractivity contribution in [3.63, 3.8) is 0 Å². The first-order valence-corrected chi connectivity index (χ1v) is 11.3.